The molecule has 0 radical (unpaired) electrons. The first-order valence-corrected chi connectivity index (χ1v) is 7.79. The summed E-state index contributed by atoms with van der Waals surface area (Å²) in [5.41, 5.74) is 1.13. The standard InChI is InChI=1S/C15H17BrN2O2/c1-3-19-13-5-12-10(4-11(13)16)6-18(17-12)15-7-14(2,8-15)20-9-15/h4-6H,3,7-9H2,1-2H3. The van der Waals surface area contributed by atoms with Crippen molar-refractivity contribution in [2.45, 2.75) is 37.8 Å². The Balaban J connectivity index is 1.76. The van der Waals surface area contributed by atoms with E-state index in [0.29, 0.717) is 6.61 Å². The number of nitrogens with zero attached hydrogens (tertiary/aromatic N) is 2. The zero-order chi connectivity index (χ0) is 14.0. The van der Waals surface area contributed by atoms with Crippen LogP contribution in [0, 0.1) is 0 Å². The van der Waals surface area contributed by atoms with E-state index in [1.54, 1.807) is 0 Å². The van der Waals surface area contributed by atoms with Crippen LogP contribution in [0.15, 0.2) is 22.8 Å². The molecule has 20 heavy (non-hydrogen) atoms. The van der Waals surface area contributed by atoms with Crippen LogP contribution >= 0.6 is 15.9 Å². The van der Waals surface area contributed by atoms with Gasteiger partial charge in [-0.05, 0) is 35.8 Å². The fraction of sp³-hybridized carbons (Fsp3) is 0.533. The maximum absolute atomic E-state index is 5.86. The smallest absolute Gasteiger partial charge is 0.135 e. The molecule has 2 bridgehead atoms. The van der Waals surface area contributed by atoms with Crippen LogP contribution in [-0.4, -0.2) is 28.6 Å². The molecule has 4 nitrogen and oxygen atoms in total. The van der Waals surface area contributed by atoms with Crippen LogP contribution in [0.25, 0.3) is 10.9 Å². The van der Waals surface area contributed by atoms with Crippen molar-refractivity contribution >= 4 is 26.8 Å². The van der Waals surface area contributed by atoms with Crippen molar-refractivity contribution in [1.82, 2.24) is 9.78 Å². The number of ether oxygens (including phenoxy) is 2. The molecule has 1 aromatic heterocycles. The van der Waals surface area contributed by atoms with Gasteiger partial charge in [-0.2, -0.15) is 5.10 Å². The molecular formula is C15H17BrN2O2. The molecule has 0 spiro atoms. The van der Waals surface area contributed by atoms with Crippen LogP contribution in [0.5, 0.6) is 5.75 Å². The van der Waals surface area contributed by atoms with E-state index in [4.69, 9.17) is 14.6 Å². The summed E-state index contributed by atoms with van der Waals surface area (Å²) < 4.78 is 14.6. The van der Waals surface area contributed by atoms with Crippen molar-refractivity contribution in [2.75, 3.05) is 13.2 Å². The Kier molecular flexibility index (Phi) is 2.52. The van der Waals surface area contributed by atoms with Crippen molar-refractivity contribution in [3.8, 4) is 5.75 Å². The lowest BCUT2D eigenvalue weighted by Crippen LogP contribution is -2.49. The summed E-state index contributed by atoms with van der Waals surface area (Å²) in [4.78, 5) is 0. The van der Waals surface area contributed by atoms with Gasteiger partial charge in [0, 0.05) is 30.5 Å². The van der Waals surface area contributed by atoms with Gasteiger partial charge in [0.15, 0.2) is 0 Å². The highest BCUT2D eigenvalue weighted by atomic mass is 79.9. The molecule has 0 N–H and O–H groups in total. The van der Waals surface area contributed by atoms with Crippen LogP contribution in [0.4, 0.5) is 0 Å². The second-order valence-electron chi connectivity index (χ2n) is 6.16. The first kappa shape index (κ1) is 12.7. The largest absolute Gasteiger partial charge is 0.493 e. The number of hydrogen-bond donors (Lipinski definition) is 0. The molecule has 0 unspecified atom stereocenters. The zero-order valence-electron chi connectivity index (χ0n) is 11.6. The fourth-order valence-electron chi connectivity index (χ4n) is 3.62. The quantitative estimate of drug-likeness (QED) is 0.860. The van der Waals surface area contributed by atoms with E-state index in [1.807, 2.05) is 13.0 Å². The molecule has 1 aromatic carbocycles. The maximum atomic E-state index is 5.86. The minimum absolute atomic E-state index is 0.0754. The molecular weight excluding hydrogens is 320 g/mol. The maximum Gasteiger partial charge on any atom is 0.135 e. The van der Waals surface area contributed by atoms with E-state index in [1.165, 1.54) is 0 Å². The van der Waals surface area contributed by atoms with Crippen LogP contribution < -0.4 is 4.74 Å². The Morgan fingerprint density at radius 2 is 2.25 bits per heavy atom. The number of fused-ring (bicyclic) bond motifs is 2. The van der Waals surface area contributed by atoms with Gasteiger partial charge in [-0.1, -0.05) is 0 Å². The number of benzene rings is 1. The highest BCUT2D eigenvalue weighted by Crippen LogP contribution is 2.55. The minimum atomic E-state index is 0.0754. The molecule has 2 aliphatic heterocycles. The van der Waals surface area contributed by atoms with Gasteiger partial charge in [0.1, 0.15) is 5.75 Å². The van der Waals surface area contributed by atoms with Crippen molar-refractivity contribution in [3.05, 3.63) is 22.8 Å². The summed E-state index contributed by atoms with van der Waals surface area (Å²) in [6.07, 6.45) is 4.25. The van der Waals surface area contributed by atoms with E-state index in [-0.39, 0.29) is 11.1 Å². The fourth-order valence-corrected chi connectivity index (χ4v) is 4.09. The lowest BCUT2D eigenvalue weighted by atomic mass is 9.69. The normalized spacial score (nSPS) is 31.6. The second kappa shape index (κ2) is 3.98. The number of rotatable bonds is 3. The Hall–Kier alpha value is -1.07. The van der Waals surface area contributed by atoms with Crippen LogP contribution in [0.2, 0.25) is 0 Å². The second-order valence-corrected chi connectivity index (χ2v) is 7.02. The summed E-state index contributed by atoms with van der Waals surface area (Å²) in [7, 11) is 0. The molecule has 5 heteroatoms. The highest BCUT2D eigenvalue weighted by molar-refractivity contribution is 9.10. The number of hydrogen-bond acceptors (Lipinski definition) is 3. The third-order valence-corrected chi connectivity index (χ3v) is 5.06. The van der Waals surface area contributed by atoms with E-state index in [0.717, 1.165) is 40.6 Å². The lowest BCUT2D eigenvalue weighted by Gasteiger charge is -2.42. The molecule has 1 aliphatic carbocycles. The zero-order valence-corrected chi connectivity index (χ0v) is 13.2. The molecule has 3 fully saturated rings. The molecule has 5 rings (SSSR count). The van der Waals surface area contributed by atoms with Crippen molar-refractivity contribution < 1.29 is 9.47 Å². The Morgan fingerprint density at radius 3 is 2.90 bits per heavy atom. The van der Waals surface area contributed by atoms with Crippen LogP contribution in [0.3, 0.4) is 0 Å². The van der Waals surface area contributed by atoms with Crippen molar-refractivity contribution in [1.29, 1.82) is 0 Å². The van der Waals surface area contributed by atoms with Gasteiger partial charge in [0.25, 0.3) is 0 Å². The van der Waals surface area contributed by atoms with Gasteiger partial charge in [0.05, 0.1) is 34.3 Å². The predicted octanol–water partition coefficient (Wildman–Crippen LogP) is 3.48. The number of halogens is 1. The Labute approximate surface area is 126 Å². The average molecular weight is 337 g/mol. The van der Waals surface area contributed by atoms with Crippen LogP contribution in [-0.2, 0) is 10.3 Å². The predicted molar refractivity (Wildman–Crippen MR) is 80.2 cm³/mol. The Bertz CT molecular complexity index is 688. The monoisotopic (exact) mass is 336 g/mol. The molecule has 0 amide bonds. The first-order valence-electron chi connectivity index (χ1n) is 7.00. The molecule has 2 saturated heterocycles. The van der Waals surface area contributed by atoms with Crippen molar-refractivity contribution in [2.24, 2.45) is 0 Å². The Morgan fingerprint density at radius 1 is 1.45 bits per heavy atom. The van der Waals surface area contributed by atoms with Gasteiger partial charge in [-0.25, -0.2) is 0 Å². The summed E-state index contributed by atoms with van der Waals surface area (Å²) in [6, 6.07) is 4.08. The van der Waals surface area contributed by atoms with Gasteiger partial charge in [-0.3, -0.25) is 4.68 Å². The third-order valence-electron chi connectivity index (χ3n) is 4.44. The molecule has 2 aromatic rings. The highest BCUT2D eigenvalue weighted by Gasteiger charge is 2.61. The molecule has 1 saturated carbocycles. The topological polar surface area (TPSA) is 36.3 Å². The third kappa shape index (κ3) is 1.66. The molecule has 0 atom stereocenters. The number of aromatic nitrogens is 2. The van der Waals surface area contributed by atoms with Gasteiger partial charge in [0.2, 0.25) is 0 Å². The van der Waals surface area contributed by atoms with E-state index < -0.39 is 0 Å². The first-order chi connectivity index (χ1) is 9.54. The summed E-state index contributed by atoms with van der Waals surface area (Å²) in [5.74, 6) is 0.851. The molecule has 3 heterocycles. The van der Waals surface area contributed by atoms with Gasteiger partial charge in [-0.15, -0.1) is 0 Å². The van der Waals surface area contributed by atoms with Gasteiger partial charge >= 0.3 is 0 Å². The SMILES string of the molecule is CCOc1cc2nn(C34COC(C)(C3)C4)cc2cc1Br. The minimum Gasteiger partial charge on any atom is -0.493 e. The van der Waals surface area contributed by atoms with Crippen molar-refractivity contribution in [3.63, 3.8) is 0 Å². The molecule has 106 valence electrons. The van der Waals surface area contributed by atoms with Gasteiger partial charge < -0.3 is 9.47 Å². The van der Waals surface area contributed by atoms with Crippen LogP contribution in [0.1, 0.15) is 26.7 Å². The average Bonchev–Trinajstić information content (AvgIpc) is 3.00. The summed E-state index contributed by atoms with van der Waals surface area (Å²) in [6.45, 7) is 5.60. The van der Waals surface area contributed by atoms with E-state index in [9.17, 15) is 0 Å². The summed E-state index contributed by atoms with van der Waals surface area (Å²) in [5, 5.41) is 5.89. The summed E-state index contributed by atoms with van der Waals surface area (Å²) >= 11 is 3.56. The molecule has 3 aliphatic rings. The lowest BCUT2D eigenvalue weighted by molar-refractivity contribution is 0.00384. The van der Waals surface area contributed by atoms with E-state index >= 15 is 0 Å². The van der Waals surface area contributed by atoms with E-state index in [2.05, 4.69) is 39.8 Å².